The maximum Gasteiger partial charge on any atom is 0.268 e. The normalized spacial score (nSPS) is 24.7. The van der Waals surface area contributed by atoms with Crippen LogP contribution in [0.5, 0.6) is 0 Å². The van der Waals surface area contributed by atoms with Crippen molar-refractivity contribution in [2.45, 2.75) is 37.5 Å². The number of imide groups is 1. The van der Waals surface area contributed by atoms with Crippen LogP contribution in [-0.2, 0) is 23.2 Å². The minimum atomic E-state index is -0.966. The molecule has 1 saturated carbocycles. The minimum Gasteiger partial charge on any atom is -0.347 e. The van der Waals surface area contributed by atoms with Gasteiger partial charge < -0.3 is 9.88 Å². The van der Waals surface area contributed by atoms with Crippen molar-refractivity contribution >= 4 is 29.3 Å². The molecule has 5 rings (SSSR count). The molecule has 3 aliphatic rings. The number of aryl methyl sites for hydroxylation is 1. The third kappa shape index (κ3) is 3.00. The van der Waals surface area contributed by atoms with E-state index in [1.165, 1.54) is 0 Å². The van der Waals surface area contributed by atoms with Gasteiger partial charge in [0.15, 0.2) is 11.6 Å². The maximum absolute atomic E-state index is 13.2. The first-order chi connectivity index (χ1) is 14.9. The van der Waals surface area contributed by atoms with E-state index in [1.807, 2.05) is 0 Å². The Bertz CT molecular complexity index is 1170. The van der Waals surface area contributed by atoms with Crippen molar-refractivity contribution < 1.29 is 24.0 Å². The highest BCUT2D eigenvalue weighted by Crippen LogP contribution is 2.33. The Kier molecular flexibility index (Phi) is 4.37. The Morgan fingerprint density at radius 3 is 2.65 bits per heavy atom. The topological polar surface area (TPSA) is 127 Å². The van der Waals surface area contributed by atoms with Gasteiger partial charge in [0, 0.05) is 26.2 Å². The molecule has 0 spiro atoms. The molecule has 1 aromatic heterocycles. The smallest absolute Gasteiger partial charge is 0.268 e. The standard InChI is InChI=1S/C22H20N4O5/c1-25-9-3-6-14(25)20(29)23-10-11-4-2-5-12-16(11)22(31)26(21(12)30)13-7-8-15(27)17-18(24-17)19(13)28/h2-6,9,13,17-18,24H,7-8,10H2,1H3,(H,23,29). The van der Waals surface area contributed by atoms with Gasteiger partial charge in [0.05, 0.1) is 23.2 Å². The lowest BCUT2D eigenvalue weighted by Gasteiger charge is -2.23. The summed E-state index contributed by atoms with van der Waals surface area (Å²) in [5.74, 6) is -1.78. The number of ketones is 2. The lowest BCUT2D eigenvalue weighted by Crippen LogP contribution is -2.46. The summed E-state index contributed by atoms with van der Waals surface area (Å²) in [4.78, 5) is 64.5. The van der Waals surface area contributed by atoms with Crippen LogP contribution in [0.25, 0.3) is 0 Å². The van der Waals surface area contributed by atoms with Crippen molar-refractivity contribution in [2.24, 2.45) is 7.05 Å². The molecule has 31 heavy (non-hydrogen) atoms. The molecular weight excluding hydrogens is 400 g/mol. The van der Waals surface area contributed by atoms with Crippen molar-refractivity contribution in [2.75, 3.05) is 0 Å². The van der Waals surface area contributed by atoms with Gasteiger partial charge in [0.2, 0.25) is 0 Å². The van der Waals surface area contributed by atoms with E-state index >= 15 is 0 Å². The molecule has 0 radical (unpaired) electrons. The summed E-state index contributed by atoms with van der Waals surface area (Å²) in [7, 11) is 1.75. The van der Waals surface area contributed by atoms with Crippen molar-refractivity contribution in [1.82, 2.24) is 20.1 Å². The molecule has 3 unspecified atom stereocenters. The summed E-state index contributed by atoms with van der Waals surface area (Å²) < 4.78 is 1.68. The number of benzene rings is 1. The molecule has 2 fully saturated rings. The average molecular weight is 420 g/mol. The zero-order chi connectivity index (χ0) is 21.9. The summed E-state index contributed by atoms with van der Waals surface area (Å²) in [6.45, 7) is 0.0589. The molecule has 0 bridgehead atoms. The fourth-order valence-corrected chi connectivity index (χ4v) is 4.47. The second kappa shape index (κ2) is 6.98. The first-order valence-electron chi connectivity index (χ1n) is 10.1. The van der Waals surface area contributed by atoms with E-state index in [-0.39, 0.29) is 48.0 Å². The Labute approximate surface area is 177 Å². The number of aromatic nitrogens is 1. The van der Waals surface area contributed by atoms with E-state index in [9.17, 15) is 24.0 Å². The van der Waals surface area contributed by atoms with Crippen LogP contribution >= 0.6 is 0 Å². The molecule has 3 atom stereocenters. The Morgan fingerprint density at radius 1 is 1.10 bits per heavy atom. The summed E-state index contributed by atoms with van der Waals surface area (Å²) in [5, 5.41) is 5.62. The molecule has 9 heteroatoms. The van der Waals surface area contributed by atoms with Crippen LogP contribution in [0.15, 0.2) is 36.5 Å². The van der Waals surface area contributed by atoms with Gasteiger partial charge in [0.25, 0.3) is 17.7 Å². The van der Waals surface area contributed by atoms with E-state index in [0.717, 1.165) is 4.90 Å². The molecule has 3 amide bonds. The third-order valence-electron chi connectivity index (χ3n) is 6.19. The molecule has 3 heterocycles. The fraction of sp³-hybridized carbons (Fsp3) is 0.318. The number of carbonyl (C=O) groups excluding carboxylic acids is 5. The van der Waals surface area contributed by atoms with Crippen LogP contribution in [0.3, 0.4) is 0 Å². The molecule has 2 N–H and O–H groups in total. The maximum atomic E-state index is 13.2. The highest BCUT2D eigenvalue weighted by atomic mass is 16.2. The summed E-state index contributed by atoms with van der Waals surface area (Å²) in [6.07, 6.45) is 2.03. The quantitative estimate of drug-likeness (QED) is 0.537. The second-order valence-electron chi connectivity index (χ2n) is 8.05. The van der Waals surface area contributed by atoms with E-state index in [1.54, 1.807) is 48.1 Å². The first-order valence-corrected chi connectivity index (χ1v) is 10.1. The number of rotatable bonds is 4. The molecular formula is C22H20N4O5. The molecule has 158 valence electrons. The molecule has 2 aromatic rings. The molecule has 1 saturated heterocycles. The van der Waals surface area contributed by atoms with Crippen LogP contribution in [0.4, 0.5) is 0 Å². The number of nitrogens with zero attached hydrogens (tertiary/aromatic N) is 2. The number of hydrogen-bond acceptors (Lipinski definition) is 6. The Balaban J connectivity index is 1.40. The van der Waals surface area contributed by atoms with Gasteiger partial charge in [-0.25, -0.2) is 0 Å². The SMILES string of the molecule is Cn1cccc1C(=O)NCc1cccc2c1C(=O)N(C1CCC(=O)C3NC3C1=O)C2=O. The van der Waals surface area contributed by atoms with Crippen LogP contribution in [0.1, 0.15) is 49.6 Å². The van der Waals surface area contributed by atoms with E-state index in [4.69, 9.17) is 0 Å². The van der Waals surface area contributed by atoms with Gasteiger partial charge in [-0.3, -0.25) is 34.2 Å². The summed E-state index contributed by atoms with van der Waals surface area (Å²) >= 11 is 0. The first kappa shape index (κ1) is 19.4. The largest absolute Gasteiger partial charge is 0.347 e. The average Bonchev–Trinajstić information content (AvgIpc) is 3.41. The van der Waals surface area contributed by atoms with E-state index < -0.39 is 29.9 Å². The van der Waals surface area contributed by atoms with Crippen LogP contribution in [0, 0.1) is 0 Å². The van der Waals surface area contributed by atoms with Gasteiger partial charge in [-0.1, -0.05) is 12.1 Å². The summed E-state index contributed by atoms with van der Waals surface area (Å²) in [5.41, 5.74) is 1.37. The van der Waals surface area contributed by atoms with Gasteiger partial charge in [-0.15, -0.1) is 0 Å². The van der Waals surface area contributed by atoms with Crippen LogP contribution < -0.4 is 10.6 Å². The lowest BCUT2D eigenvalue weighted by atomic mass is 10.0. The van der Waals surface area contributed by atoms with Gasteiger partial charge in [-0.2, -0.15) is 0 Å². The molecule has 2 aliphatic heterocycles. The second-order valence-corrected chi connectivity index (χ2v) is 8.05. The van der Waals surface area contributed by atoms with Gasteiger partial charge in [-0.05, 0) is 30.2 Å². The van der Waals surface area contributed by atoms with E-state index in [2.05, 4.69) is 10.6 Å². The zero-order valence-electron chi connectivity index (χ0n) is 16.8. The van der Waals surface area contributed by atoms with Gasteiger partial charge in [0.1, 0.15) is 11.7 Å². The number of hydrogen-bond donors (Lipinski definition) is 2. The van der Waals surface area contributed by atoms with Crippen molar-refractivity contribution in [3.8, 4) is 0 Å². The Morgan fingerprint density at radius 2 is 1.90 bits per heavy atom. The number of Topliss-reactive ketones (excluding diaryl/α,β-unsaturated/α-hetero) is 2. The minimum absolute atomic E-state index is 0.0589. The lowest BCUT2D eigenvalue weighted by molar-refractivity contribution is -0.122. The summed E-state index contributed by atoms with van der Waals surface area (Å²) in [6, 6.07) is 6.23. The fourth-order valence-electron chi connectivity index (χ4n) is 4.47. The number of nitrogens with one attached hydrogen (secondary N) is 2. The number of fused-ring (bicyclic) bond motifs is 2. The Hall–Kier alpha value is -3.59. The third-order valence-corrected chi connectivity index (χ3v) is 6.19. The number of amides is 3. The van der Waals surface area contributed by atoms with Crippen LogP contribution in [0.2, 0.25) is 0 Å². The van der Waals surface area contributed by atoms with Crippen molar-refractivity contribution in [3.05, 3.63) is 58.9 Å². The zero-order valence-corrected chi connectivity index (χ0v) is 16.8. The highest BCUT2D eigenvalue weighted by molar-refractivity contribution is 6.24. The highest BCUT2D eigenvalue weighted by Gasteiger charge is 2.55. The predicted octanol–water partition coefficient (Wildman–Crippen LogP) is 0.192. The van der Waals surface area contributed by atoms with Crippen LogP contribution in [-0.4, -0.2) is 56.9 Å². The molecule has 1 aromatic carbocycles. The molecule has 1 aliphatic carbocycles. The van der Waals surface area contributed by atoms with Crippen molar-refractivity contribution in [3.63, 3.8) is 0 Å². The van der Waals surface area contributed by atoms with Crippen molar-refractivity contribution in [1.29, 1.82) is 0 Å². The number of carbonyl (C=O) groups is 5. The van der Waals surface area contributed by atoms with E-state index in [0.29, 0.717) is 11.3 Å². The van der Waals surface area contributed by atoms with Gasteiger partial charge >= 0.3 is 0 Å². The predicted molar refractivity (Wildman–Crippen MR) is 107 cm³/mol. The monoisotopic (exact) mass is 420 g/mol. The molecule has 9 nitrogen and oxygen atoms in total.